The van der Waals surface area contributed by atoms with E-state index < -0.39 is 11.7 Å². The predicted octanol–water partition coefficient (Wildman–Crippen LogP) is 2.06. The zero-order chi connectivity index (χ0) is 19.2. The molecule has 2 N–H and O–H groups in total. The summed E-state index contributed by atoms with van der Waals surface area (Å²) < 4.78 is 5.09. The van der Waals surface area contributed by atoms with Crippen LogP contribution in [0.4, 0.5) is 4.79 Å². The highest BCUT2D eigenvalue weighted by atomic mass is 16.6. The van der Waals surface area contributed by atoms with Gasteiger partial charge >= 0.3 is 6.09 Å². The van der Waals surface area contributed by atoms with Crippen LogP contribution in [-0.4, -0.2) is 54.6 Å². The Morgan fingerprint density at radius 1 is 1.00 bits per heavy atom. The Labute approximate surface area is 156 Å². The number of piperidine rings is 1. The molecule has 0 atom stereocenters. The molecular formula is C19H33N3O4. The summed E-state index contributed by atoms with van der Waals surface area (Å²) in [6.45, 7) is 7.38. The number of hydrogen-bond donors (Lipinski definition) is 2. The summed E-state index contributed by atoms with van der Waals surface area (Å²) in [6, 6.07) is 0. The lowest BCUT2D eigenvalue weighted by Gasteiger charge is -2.33. The highest BCUT2D eigenvalue weighted by molar-refractivity contribution is 5.82. The third-order valence-corrected chi connectivity index (χ3v) is 5.01. The number of alkyl carbamates (subject to hydrolysis) is 1. The molecule has 0 unspecified atom stereocenters. The van der Waals surface area contributed by atoms with Gasteiger partial charge in [-0.1, -0.05) is 12.8 Å². The fourth-order valence-corrected chi connectivity index (χ4v) is 3.58. The van der Waals surface area contributed by atoms with E-state index in [-0.39, 0.29) is 18.4 Å². The zero-order valence-corrected chi connectivity index (χ0v) is 16.3. The largest absolute Gasteiger partial charge is 0.444 e. The van der Waals surface area contributed by atoms with Crippen molar-refractivity contribution >= 4 is 17.9 Å². The smallest absolute Gasteiger partial charge is 0.408 e. The molecule has 1 heterocycles. The van der Waals surface area contributed by atoms with Crippen molar-refractivity contribution in [1.29, 1.82) is 0 Å². The molecule has 0 aromatic rings. The van der Waals surface area contributed by atoms with Crippen LogP contribution in [0.3, 0.4) is 0 Å². The minimum absolute atomic E-state index is 0.0894. The van der Waals surface area contributed by atoms with E-state index in [1.165, 1.54) is 12.8 Å². The summed E-state index contributed by atoms with van der Waals surface area (Å²) in [5.41, 5.74) is -0.579. The molecule has 1 aliphatic heterocycles. The van der Waals surface area contributed by atoms with Crippen molar-refractivity contribution in [3.63, 3.8) is 0 Å². The Bertz CT molecular complexity index is 501. The second-order valence-corrected chi connectivity index (χ2v) is 8.41. The highest BCUT2D eigenvalue weighted by Gasteiger charge is 2.30. The summed E-state index contributed by atoms with van der Waals surface area (Å²) in [6.07, 6.45) is 5.67. The van der Waals surface area contributed by atoms with Crippen molar-refractivity contribution in [2.45, 2.75) is 64.9 Å². The molecule has 1 saturated heterocycles. The van der Waals surface area contributed by atoms with Crippen LogP contribution in [0.1, 0.15) is 59.3 Å². The molecule has 0 spiro atoms. The topological polar surface area (TPSA) is 87.7 Å². The van der Waals surface area contributed by atoms with Crippen molar-refractivity contribution in [3.05, 3.63) is 0 Å². The highest BCUT2D eigenvalue weighted by Crippen LogP contribution is 2.28. The molecule has 2 rings (SSSR count). The van der Waals surface area contributed by atoms with Gasteiger partial charge in [0.2, 0.25) is 11.8 Å². The van der Waals surface area contributed by atoms with Gasteiger partial charge in [-0.3, -0.25) is 9.59 Å². The lowest BCUT2D eigenvalue weighted by atomic mass is 9.95. The second kappa shape index (κ2) is 9.24. The summed E-state index contributed by atoms with van der Waals surface area (Å²) in [5, 5.41) is 5.31. The fraction of sp³-hybridized carbons (Fsp3) is 0.842. The van der Waals surface area contributed by atoms with Gasteiger partial charge in [-0.05, 0) is 52.4 Å². The molecule has 148 valence electrons. The van der Waals surface area contributed by atoms with Crippen LogP contribution in [0.2, 0.25) is 0 Å². The molecule has 0 bridgehead atoms. The minimum Gasteiger partial charge on any atom is -0.444 e. The number of rotatable bonds is 5. The van der Waals surface area contributed by atoms with Crippen molar-refractivity contribution in [2.75, 3.05) is 26.2 Å². The van der Waals surface area contributed by atoms with Gasteiger partial charge in [0, 0.05) is 25.6 Å². The van der Waals surface area contributed by atoms with Gasteiger partial charge in [0.25, 0.3) is 0 Å². The van der Waals surface area contributed by atoms with Gasteiger partial charge in [-0.25, -0.2) is 4.79 Å². The molecule has 1 aliphatic carbocycles. The number of ether oxygens (including phenoxy) is 1. The molecule has 26 heavy (non-hydrogen) atoms. The molecule has 7 heteroatoms. The maximum Gasteiger partial charge on any atom is 0.408 e. The number of carbonyl (C=O) groups is 3. The van der Waals surface area contributed by atoms with E-state index in [0.29, 0.717) is 18.4 Å². The Morgan fingerprint density at radius 3 is 2.19 bits per heavy atom. The van der Waals surface area contributed by atoms with Gasteiger partial charge in [0.1, 0.15) is 5.60 Å². The summed E-state index contributed by atoms with van der Waals surface area (Å²) >= 11 is 0. The van der Waals surface area contributed by atoms with Crippen LogP contribution >= 0.6 is 0 Å². The molecule has 2 fully saturated rings. The maximum absolute atomic E-state index is 12.4. The average Bonchev–Trinajstić information content (AvgIpc) is 3.11. The molecule has 0 aromatic carbocycles. The SMILES string of the molecule is CC(C)(C)OC(=O)NCC(=O)NCC1CCN(C(=O)C2CCCC2)CC1. The van der Waals surface area contributed by atoms with E-state index in [4.69, 9.17) is 4.74 Å². The van der Waals surface area contributed by atoms with Crippen molar-refractivity contribution < 1.29 is 19.1 Å². The molecule has 7 nitrogen and oxygen atoms in total. The number of hydrogen-bond acceptors (Lipinski definition) is 4. The van der Waals surface area contributed by atoms with Gasteiger partial charge < -0.3 is 20.3 Å². The number of nitrogens with one attached hydrogen (secondary N) is 2. The number of nitrogens with zero attached hydrogens (tertiary/aromatic N) is 1. The standard InChI is InChI=1S/C19H33N3O4/c1-19(2,3)26-18(25)21-13-16(23)20-12-14-8-10-22(11-9-14)17(24)15-6-4-5-7-15/h14-15H,4-13H2,1-3H3,(H,20,23)(H,21,25). The van der Waals surface area contributed by atoms with Crippen molar-refractivity contribution in [3.8, 4) is 0 Å². The first-order valence-electron chi connectivity index (χ1n) is 9.77. The van der Waals surface area contributed by atoms with Gasteiger partial charge in [0.15, 0.2) is 0 Å². The predicted molar refractivity (Wildman–Crippen MR) is 98.5 cm³/mol. The number of likely N-dealkylation sites (tertiary alicyclic amines) is 1. The van der Waals surface area contributed by atoms with Gasteiger partial charge in [-0.15, -0.1) is 0 Å². The Kier molecular flexibility index (Phi) is 7.29. The second-order valence-electron chi connectivity index (χ2n) is 8.41. The van der Waals surface area contributed by atoms with Gasteiger partial charge in [-0.2, -0.15) is 0 Å². The summed E-state index contributed by atoms with van der Waals surface area (Å²) in [7, 11) is 0. The quantitative estimate of drug-likeness (QED) is 0.778. The first kappa shape index (κ1) is 20.5. The Morgan fingerprint density at radius 2 is 1.62 bits per heavy atom. The van der Waals surface area contributed by atoms with E-state index in [9.17, 15) is 14.4 Å². The monoisotopic (exact) mass is 367 g/mol. The first-order chi connectivity index (χ1) is 12.2. The lowest BCUT2D eigenvalue weighted by Crippen LogP contribution is -2.45. The number of carbonyl (C=O) groups excluding carboxylic acids is 3. The zero-order valence-electron chi connectivity index (χ0n) is 16.3. The van der Waals surface area contributed by atoms with Crippen molar-refractivity contribution in [1.82, 2.24) is 15.5 Å². The van der Waals surface area contributed by atoms with E-state index in [1.54, 1.807) is 20.8 Å². The van der Waals surface area contributed by atoms with E-state index in [1.807, 2.05) is 4.90 Å². The first-order valence-corrected chi connectivity index (χ1v) is 9.77. The molecule has 3 amide bonds. The van der Waals surface area contributed by atoms with Crippen LogP contribution in [0, 0.1) is 11.8 Å². The molecular weight excluding hydrogens is 334 g/mol. The minimum atomic E-state index is -0.591. The Balaban J connectivity index is 1.60. The Hall–Kier alpha value is -1.79. The van der Waals surface area contributed by atoms with Crippen LogP contribution in [0.15, 0.2) is 0 Å². The van der Waals surface area contributed by atoms with Crippen LogP contribution in [-0.2, 0) is 14.3 Å². The molecule has 2 aliphatic rings. The van der Waals surface area contributed by atoms with Crippen LogP contribution < -0.4 is 10.6 Å². The third kappa shape index (κ3) is 6.84. The summed E-state index contributed by atoms with van der Waals surface area (Å²) in [5.74, 6) is 0.727. The molecule has 1 saturated carbocycles. The van der Waals surface area contributed by atoms with E-state index in [2.05, 4.69) is 10.6 Å². The van der Waals surface area contributed by atoms with Gasteiger partial charge in [0.05, 0.1) is 6.54 Å². The molecule has 0 aromatic heterocycles. The third-order valence-electron chi connectivity index (χ3n) is 5.01. The van der Waals surface area contributed by atoms with Crippen molar-refractivity contribution in [2.24, 2.45) is 11.8 Å². The van der Waals surface area contributed by atoms with E-state index in [0.717, 1.165) is 38.8 Å². The number of amides is 3. The fourth-order valence-electron chi connectivity index (χ4n) is 3.58. The normalized spacial score (nSPS) is 19.3. The lowest BCUT2D eigenvalue weighted by molar-refractivity contribution is -0.136. The average molecular weight is 367 g/mol. The van der Waals surface area contributed by atoms with E-state index >= 15 is 0 Å². The van der Waals surface area contributed by atoms with Crippen LogP contribution in [0.5, 0.6) is 0 Å². The summed E-state index contributed by atoms with van der Waals surface area (Å²) in [4.78, 5) is 37.8. The van der Waals surface area contributed by atoms with Crippen LogP contribution in [0.25, 0.3) is 0 Å². The molecule has 0 radical (unpaired) electrons. The maximum atomic E-state index is 12.4.